The van der Waals surface area contributed by atoms with E-state index >= 15 is 0 Å². The Morgan fingerprint density at radius 3 is 2.48 bits per heavy atom. The van der Waals surface area contributed by atoms with Crippen LogP contribution in [0.4, 0.5) is 24.8 Å². The van der Waals surface area contributed by atoms with Crippen LogP contribution in [0.25, 0.3) is 11.1 Å². The highest BCUT2D eigenvalue weighted by Crippen LogP contribution is 2.30. The smallest absolute Gasteiger partial charge is 0.365 e. The summed E-state index contributed by atoms with van der Waals surface area (Å²) in [5.41, 5.74) is 6.87. The van der Waals surface area contributed by atoms with E-state index < -0.39 is 17.6 Å². The molecule has 0 radical (unpaired) electrons. The number of anilines is 2. The first-order chi connectivity index (χ1) is 14.8. The molecule has 0 spiro atoms. The molecule has 1 aromatic carbocycles. The lowest BCUT2D eigenvalue weighted by Gasteiger charge is -2.21. The lowest BCUT2D eigenvalue weighted by molar-refractivity contribution is -0.137. The second kappa shape index (κ2) is 8.25. The third-order valence-electron chi connectivity index (χ3n) is 5.17. The summed E-state index contributed by atoms with van der Waals surface area (Å²) in [4.78, 5) is 22.4. The molecule has 1 unspecified atom stereocenters. The third kappa shape index (κ3) is 4.60. The molecule has 1 amide bonds. The molecule has 1 fully saturated rings. The van der Waals surface area contributed by atoms with Gasteiger partial charge >= 0.3 is 6.18 Å². The monoisotopic (exact) mass is 427 g/mol. The zero-order valence-electron chi connectivity index (χ0n) is 16.4. The van der Waals surface area contributed by atoms with Gasteiger partial charge in [0.25, 0.3) is 5.91 Å². The fourth-order valence-electron chi connectivity index (χ4n) is 3.61. The number of carbonyl (C=O) groups excluding carboxylic acids is 1. The van der Waals surface area contributed by atoms with Crippen LogP contribution < -0.4 is 16.0 Å². The number of nitrogens with zero attached hydrogens (tertiary/aromatic N) is 3. The number of amides is 1. The maximum Gasteiger partial charge on any atom is 0.417 e. The summed E-state index contributed by atoms with van der Waals surface area (Å²) in [6.07, 6.45) is -1.19. The molecule has 0 bridgehead atoms. The van der Waals surface area contributed by atoms with Gasteiger partial charge in [-0.25, -0.2) is 9.97 Å². The van der Waals surface area contributed by atoms with Crippen molar-refractivity contribution in [3.63, 3.8) is 0 Å². The normalized spacial score (nSPS) is 16.4. The molecular formula is C22H20F3N5O. The van der Waals surface area contributed by atoms with Gasteiger partial charge in [-0.1, -0.05) is 30.3 Å². The van der Waals surface area contributed by atoms with Gasteiger partial charge in [0.1, 0.15) is 11.6 Å². The van der Waals surface area contributed by atoms with Gasteiger partial charge in [0.05, 0.1) is 11.1 Å². The topological polar surface area (TPSA) is 84.1 Å². The minimum absolute atomic E-state index is 0.0550. The first-order valence-electron chi connectivity index (χ1n) is 9.71. The van der Waals surface area contributed by atoms with Crippen molar-refractivity contribution in [2.75, 3.05) is 23.3 Å². The number of halogens is 3. The van der Waals surface area contributed by atoms with E-state index in [2.05, 4.69) is 15.3 Å². The Kier molecular flexibility index (Phi) is 5.50. The van der Waals surface area contributed by atoms with Gasteiger partial charge < -0.3 is 16.0 Å². The summed E-state index contributed by atoms with van der Waals surface area (Å²) in [7, 11) is 0. The minimum Gasteiger partial charge on any atom is -0.365 e. The number of benzene rings is 1. The van der Waals surface area contributed by atoms with Gasteiger partial charge in [0.2, 0.25) is 0 Å². The van der Waals surface area contributed by atoms with Crippen molar-refractivity contribution in [1.82, 2.24) is 9.97 Å². The summed E-state index contributed by atoms with van der Waals surface area (Å²) in [5, 5.41) is 3.14. The molecule has 9 heteroatoms. The van der Waals surface area contributed by atoms with Gasteiger partial charge in [-0.05, 0) is 30.2 Å². The van der Waals surface area contributed by atoms with Crippen molar-refractivity contribution in [3.8, 4) is 11.1 Å². The van der Waals surface area contributed by atoms with Crippen LogP contribution in [0, 0.1) is 0 Å². The molecule has 31 heavy (non-hydrogen) atoms. The fraction of sp³-hybridized carbons (Fsp3) is 0.227. The number of hydrogen-bond acceptors (Lipinski definition) is 5. The number of rotatable bonds is 5. The van der Waals surface area contributed by atoms with E-state index in [0.29, 0.717) is 36.7 Å². The summed E-state index contributed by atoms with van der Waals surface area (Å²) >= 11 is 0. The molecule has 1 saturated heterocycles. The predicted molar refractivity (Wildman–Crippen MR) is 112 cm³/mol. The molecule has 4 rings (SSSR count). The van der Waals surface area contributed by atoms with Gasteiger partial charge in [-0.3, -0.25) is 4.79 Å². The van der Waals surface area contributed by atoms with Crippen LogP contribution in [0.15, 0.2) is 60.9 Å². The maximum atomic E-state index is 12.7. The standard InChI is InChI=1S/C22H20F3N5O/c23-22(24,25)16-6-7-19(27-12-16)29-17-8-9-30(13-17)21-18(20(26)31)10-15(11-28-21)14-4-2-1-3-5-14/h1-7,10-12,17H,8-9,13H2,(H2,26,31)(H,27,29). The number of hydrogen-bond donors (Lipinski definition) is 2. The molecule has 0 saturated carbocycles. The van der Waals surface area contributed by atoms with E-state index in [1.165, 1.54) is 6.07 Å². The highest BCUT2D eigenvalue weighted by atomic mass is 19.4. The Hall–Kier alpha value is -3.62. The van der Waals surface area contributed by atoms with Crippen LogP contribution >= 0.6 is 0 Å². The van der Waals surface area contributed by atoms with Crippen LogP contribution in [0.2, 0.25) is 0 Å². The Balaban J connectivity index is 1.49. The number of nitrogens with one attached hydrogen (secondary N) is 1. The van der Waals surface area contributed by atoms with E-state index in [1.807, 2.05) is 35.2 Å². The molecular weight excluding hydrogens is 407 g/mol. The van der Waals surface area contributed by atoms with Crippen molar-refractivity contribution >= 4 is 17.5 Å². The fourth-order valence-corrected chi connectivity index (χ4v) is 3.61. The number of alkyl halides is 3. The quantitative estimate of drug-likeness (QED) is 0.644. The van der Waals surface area contributed by atoms with E-state index in [9.17, 15) is 18.0 Å². The zero-order valence-corrected chi connectivity index (χ0v) is 16.4. The Morgan fingerprint density at radius 1 is 1.06 bits per heavy atom. The second-order valence-electron chi connectivity index (χ2n) is 7.33. The van der Waals surface area contributed by atoms with Crippen LogP contribution in [0.5, 0.6) is 0 Å². The molecule has 6 nitrogen and oxygen atoms in total. The van der Waals surface area contributed by atoms with E-state index in [1.54, 1.807) is 12.3 Å². The predicted octanol–water partition coefficient (Wildman–Crippen LogP) is 3.95. The lowest BCUT2D eigenvalue weighted by atomic mass is 10.1. The van der Waals surface area contributed by atoms with Crippen molar-refractivity contribution in [2.24, 2.45) is 5.73 Å². The summed E-state index contributed by atoms with van der Waals surface area (Å²) < 4.78 is 38.1. The SMILES string of the molecule is NC(=O)c1cc(-c2ccccc2)cnc1N1CCC(Nc2ccc(C(F)(F)F)cn2)C1. The second-order valence-corrected chi connectivity index (χ2v) is 7.33. The maximum absolute atomic E-state index is 12.7. The van der Waals surface area contributed by atoms with Gasteiger partial charge in [-0.15, -0.1) is 0 Å². The van der Waals surface area contributed by atoms with Gasteiger partial charge in [0, 0.05) is 37.1 Å². The van der Waals surface area contributed by atoms with Crippen molar-refractivity contribution in [1.29, 1.82) is 0 Å². The number of primary amides is 1. The Morgan fingerprint density at radius 2 is 1.84 bits per heavy atom. The minimum atomic E-state index is -4.42. The number of aromatic nitrogens is 2. The molecule has 160 valence electrons. The number of pyridine rings is 2. The van der Waals surface area contributed by atoms with Crippen molar-refractivity contribution < 1.29 is 18.0 Å². The Labute approximate surface area is 176 Å². The molecule has 1 aliphatic rings. The van der Waals surface area contributed by atoms with Crippen molar-refractivity contribution in [2.45, 2.75) is 18.6 Å². The molecule has 3 N–H and O–H groups in total. The average molecular weight is 427 g/mol. The van der Waals surface area contributed by atoms with E-state index in [4.69, 9.17) is 5.73 Å². The van der Waals surface area contributed by atoms with Crippen LogP contribution in [0.1, 0.15) is 22.3 Å². The number of nitrogens with two attached hydrogens (primary N) is 1. The molecule has 2 aromatic heterocycles. The summed E-state index contributed by atoms with van der Waals surface area (Å²) in [6, 6.07) is 13.5. The van der Waals surface area contributed by atoms with Crippen LogP contribution in [-0.2, 0) is 6.18 Å². The van der Waals surface area contributed by atoms with Crippen LogP contribution in [0.3, 0.4) is 0 Å². The Bertz CT molecular complexity index is 1070. The molecule has 1 atom stereocenters. The van der Waals surface area contributed by atoms with E-state index in [-0.39, 0.29) is 6.04 Å². The van der Waals surface area contributed by atoms with Crippen molar-refractivity contribution in [3.05, 3.63) is 72.1 Å². The van der Waals surface area contributed by atoms with Gasteiger partial charge in [-0.2, -0.15) is 13.2 Å². The molecule has 1 aliphatic heterocycles. The number of carbonyl (C=O) groups is 1. The highest BCUT2D eigenvalue weighted by Gasteiger charge is 2.31. The first-order valence-corrected chi connectivity index (χ1v) is 9.71. The largest absolute Gasteiger partial charge is 0.417 e. The average Bonchev–Trinajstić information content (AvgIpc) is 3.22. The van der Waals surface area contributed by atoms with E-state index in [0.717, 1.165) is 23.4 Å². The molecule has 0 aliphatic carbocycles. The first kappa shape index (κ1) is 20.6. The zero-order chi connectivity index (χ0) is 22.0. The summed E-state index contributed by atoms with van der Waals surface area (Å²) in [6.45, 7) is 1.14. The van der Waals surface area contributed by atoms with Crippen LogP contribution in [-0.4, -0.2) is 35.0 Å². The third-order valence-corrected chi connectivity index (χ3v) is 5.17. The van der Waals surface area contributed by atoms with Gasteiger partial charge in [0.15, 0.2) is 0 Å². The highest BCUT2D eigenvalue weighted by molar-refractivity contribution is 5.99. The molecule has 3 heterocycles. The lowest BCUT2D eigenvalue weighted by Crippen LogP contribution is -2.29. The molecule has 3 aromatic rings. The summed E-state index contributed by atoms with van der Waals surface area (Å²) in [5.74, 6) is 0.292.